The number of likely N-dealkylation sites (tertiary alicyclic amines) is 1. The van der Waals surface area contributed by atoms with E-state index in [2.05, 4.69) is 10.3 Å². The van der Waals surface area contributed by atoms with E-state index in [0.717, 1.165) is 25.9 Å². The lowest BCUT2D eigenvalue weighted by atomic mass is 10.1. The molecule has 1 amide bonds. The van der Waals surface area contributed by atoms with Gasteiger partial charge in [0.05, 0.1) is 12.3 Å². The third-order valence-electron chi connectivity index (χ3n) is 3.49. The number of rotatable bonds is 3. The Morgan fingerprint density at radius 3 is 2.53 bits per heavy atom. The number of aromatic nitrogens is 3. The molecule has 2 heterocycles. The first-order chi connectivity index (χ1) is 9.16. The zero-order chi connectivity index (χ0) is 13.7. The van der Waals surface area contributed by atoms with Gasteiger partial charge in [0.15, 0.2) is 0 Å². The molecule has 1 aliphatic rings. The van der Waals surface area contributed by atoms with Gasteiger partial charge >= 0.3 is 0 Å². The lowest BCUT2D eigenvalue weighted by Gasteiger charge is -2.24. The van der Waals surface area contributed by atoms with Crippen LogP contribution in [-0.2, 0) is 11.3 Å². The molecule has 0 bridgehead atoms. The van der Waals surface area contributed by atoms with Crippen LogP contribution in [0.1, 0.15) is 50.8 Å². The van der Waals surface area contributed by atoms with E-state index in [-0.39, 0.29) is 12.5 Å². The fraction of sp³-hybridized carbons (Fsp3) is 0.769. The summed E-state index contributed by atoms with van der Waals surface area (Å²) in [6.07, 6.45) is 6.85. The van der Waals surface area contributed by atoms with Crippen LogP contribution in [0.15, 0.2) is 6.20 Å². The van der Waals surface area contributed by atoms with Gasteiger partial charge in [0.25, 0.3) is 0 Å². The van der Waals surface area contributed by atoms with E-state index in [1.54, 1.807) is 13.1 Å². The maximum Gasteiger partial charge on any atom is 0.244 e. The first-order valence-electron chi connectivity index (χ1n) is 7.02. The summed E-state index contributed by atoms with van der Waals surface area (Å²) in [7, 11) is 0. The predicted molar refractivity (Wildman–Crippen MR) is 70.3 cm³/mol. The highest BCUT2D eigenvalue weighted by atomic mass is 16.3. The van der Waals surface area contributed by atoms with Crippen LogP contribution in [0.25, 0.3) is 0 Å². The summed E-state index contributed by atoms with van der Waals surface area (Å²) in [5.74, 6) is 0.0870. The lowest BCUT2D eigenvalue weighted by Crippen LogP contribution is -2.36. The number of hydrogen-bond acceptors (Lipinski definition) is 4. The summed E-state index contributed by atoms with van der Waals surface area (Å²) in [6.45, 7) is 3.53. The molecule has 0 radical (unpaired) electrons. The van der Waals surface area contributed by atoms with Crippen LogP contribution in [0.3, 0.4) is 0 Å². The van der Waals surface area contributed by atoms with Gasteiger partial charge in [-0.25, -0.2) is 4.68 Å². The van der Waals surface area contributed by atoms with Crippen LogP contribution in [0.2, 0.25) is 0 Å². The highest BCUT2D eigenvalue weighted by Crippen LogP contribution is 2.11. The number of aliphatic hydroxyl groups excluding tert-OH is 1. The van der Waals surface area contributed by atoms with Gasteiger partial charge in [-0.15, -0.1) is 5.10 Å². The van der Waals surface area contributed by atoms with Crippen LogP contribution in [0.4, 0.5) is 0 Å². The minimum Gasteiger partial charge on any atom is -0.387 e. The van der Waals surface area contributed by atoms with E-state index < -0.39 is 6.10 Å². The Morgan fingerprint density at radius 1 is 1.32 bits per heavy atom. The number of hydrogen-bond donors (Lipinski definition) is 1. The normalized spacial score (nSPS) is 18.7. The Kier molecular flexibility index (Phi) is 4.90. The SMILES string of the molecule is CC(O)c1cn(CC(=O)N2CCCCCCC2)nn1. The van der Waals surface area contributed by atoms with Gasteiger partial charge in [0.2, 0.25) is 5.91 Å². The van der Waals surface area contributed by atoms with Crippen molar-refractivity contribution < 1.29 is 9.90 Å². The van der Waals surface area contributed by atoms with Crippen LogP contribution in [-0.4, -0.2) is 44.0 Å². The second-order valence-corrected chi connectivity index (χ2v) is 5.17. The van der Waals surface area contributed by atoms with Crippen molar-refractivity contribution in [1.29, 1.82) is 0 Å². The molecule has 1 aromatic rings. The molecule has 1 fully saturated rings. The van der Waals surface area contributed by atoms with Gasteiger partial charge in [0.1, 0.15) is 12.2 Å². The Hall–Kier alpha value is -1.43. The minimum absolute atomic E-state index is 0.0870. The number of nitrogens with zero attached hydrogens (tertiary/aromatic N) is 4. The topological polar surface area (TPSA) is 71.2 Å². The van der Waals surface area contributed by atoms with Gasteiger partial charge in [-0.2, -0.15) is 0 Å². The number of carbonyl (C=O) groups is 1. The molecule has 6 nitrogen and oxygen atoms in total. The van der Waals surface area contributed by atoms with Gasteiger partial charge in [-0.05, 0) is 19.8 Å². The third-order valence-corrected chi connectivity index (χ3v) is 3.49. The van der Waals surface area contributed by atoms with E-state index >= 15 is 0 Å². The fourth-order valence-electron chi connectivity index (χ4n) is 2.32. The molecule has 0 aromatic carbocycles. The number of carbonyl (C=O) groups excluding carboxylic acids is 1. The Bertz CT molecular complexity index is 409. The summed E-state index contributed by atoms with van der Waals surface area (Å²) in [5, 5.41) is 17.1. The van der Waals surface area contributed by atoms with Crippen molar-refractivity contribution in [3.8, 4) is 0 Å². The number of aliphatic hydroxyl groups is 1. The zero-order valence-corrected chi connectivity index (χ0v) is 11.5. The maximum absolute atomic E-state index is 12.2. The molecule has 1 saturated heterocycles. The molecule has 6 heteroatoms. The predicted octanol–water partition coefficient (Wildman–Crippen LogP) is 1.12. The summed E-state index contributed by atoms with van der Waals surface area (Å²) in [6, 6.07) is 0. The summed E-state index contributed by atoms with van der Waals surface area (Å²) in [5.41, 5.74) is 0.500. The van der Waals surface area contributed by atoms with Crippen LogP contribution in [0.5, 0.6) is 0 Å². The van der Waals surface area contributed by atoms with Crippen LogP contribution >= 0.6 is 0 Å². The molecule has 1 aliphatic heterocycles. The molecule has 1 unspecified atom stereocenters. The highest BCUT2D eigenvalue weighted by molar-refractivity contribution is 5.75. The Labute approximate surface area is 113 Å². The first kappa shape index (κ1) is 14.0. The molecular formula is C13H22N4O2. The minimum atomic E-state index is -0.648. The molecule has 19 heavy (non-hydrogen) atoms. The van der Waals surface area contributed by atoms with Gasteiger partial charge in [0, 0.05) is 13.1 Å². The van der Waals surface area contributed by atoms with Crippen molar-refractivity contribution in [3.63, 3.8) is 0 Å². The van der Waals surface area contributed by atoms with E-state index in [1.807, 2.05) is 4.90 Å². The molecule has 1 aromatic heterocycles. The lowest BCUT2D eigenvalue weighted by molar-refractivity contribution is -0.132. The molecule has 0 saturated carbocycles. The van der Waals surface area contributed by atoms with Gasteiger partial charge in [-0.3, -0.25) is 4.79 Å². The van der Waals surface area contributed by atoms with Crippen LogP contribution in [0, 0.1) is 0 Å². The second kappa shape index (κ2) is 6.65. The summed E-state index contributed by atoms with van der Waals surface area (Å²) in [4.78, 5) is 14.1. The zero-order valence-electron chi connectivity index (χ0n) is 11.5. The average Bonchev–Trinajstić information content (AvgIpc) is 2.76. The quantitative estimate of drug-likeness (QED) is 0.890. The van der Waals surface area contributed by atoms with E-state index in [1.165, 1.54) is 23.9 Å². The Morgan fingerprint density at radius 2 is 1.95 bits per heavy atom. The van der Waals surface area contributed by atoms with Crippen molar-refractivity contribution in [2.75, 3.05) is 13.1 Å². The van der Waals surface area contributed by atoms with E-state index in [4.69, 9.17) is 0 Å². The third kappa shape index (κ3) is 4.02. The molecule has 1 N–H and O–H groups in total. The summed E-state index contributed by atoms with van der Waals surface area (Å²) < 4.78 is 1.50. The van der Waals surface area contributed by atoms with E-state index in [0.29, 0.717) is 5.69 Å². The molecule has 0 aliphatic carbocycles. The van der Waals surface area contributed by atoms with Crippen LogP contribution < -0.4 is 0 Å². The van der Waals surface area contributed by atoms with Crippen molar-refractivity contribution in [2.45, 2.75) is 51.7 Å². The van der Waals surface area contributed by atoms with Crippen molar-refractivity contribution >= 4 is 5.91 Å². The summed E-state index contributed by atoms with van der Waals surface area (Å²) >= 11 is 0. The number of amides is 1. The van der Waals surface area contributed by atoms with Crippen molar-refractivity contribution in [3.05, 3.63) is 11.9 Å². The Balaban J connectivity index is 1.91. The first-order valence-corrected chi connectivity index (χ1v) is 7.02. The molecule has 0 spiro atoms. The molecule has 1 atom stereocenters. The fourth-order valence-corrected chi connectivity index (χ4v) is 2.32. The average molecular weight is 266 g/mol. The van der Waals surface area contributed by atoms with E-state index in [9.17, 15) is 9.90 Å². The molecule has 106 valence electrons. The maximum atomic E-state index is 12.2. The highest BCUT2D eigenvalue weighted by Gasteiger charge is 2.16. The second-order valence-electron chi connectivity index (χ2n) is 5.17. The molecule has 2 rings (SSSR count). The van der Waals surface area contributed by atoms with Crippen molar-refractivity contribution in [1.82, 2.24) is 19.9 Å². The monoisotopic (exact) mass is 266 g/mol. The van der Waals surface area contributed by atoms with Gasteiger partial charge < -0.3 is 10.0 Å². The standard InChI is InChI=1S/C13H22N4O2/c1-11(18)12-9-17(15-14-12)10-13(19)16-7-5-3-2-4-6-8-16/h9,11,18H,2-8,10H2,1H3. The van der Waals surface area contributed by atoms with Crippen molar-refractivity contribution in [2.24, 2.45) is 0 Å². The largest absolute Gasteiger partial charge is 0.387 e. The van der Waals surface area contributed by atoms with Gasteiger partial charge in [-0.1, -0.05) is 24.5 Å². The molecular weight excluding hydrogens is 244 g/mol. The smallest absolute Gasteiger partial charge is 0.244 e.